The Morgan fingerprint density at radius 2 is 1.02 bits per heavy atom. The minimum Gasteiger partial charge on any atom is -0.480 e. The average molecular weight is 915 g/mol. The van der Waals surface area contributed by atoms with Crippen molar-refractivity contribution in [2.75, 3.05) is 85.5 Å². The molecule has 330 valence electrons. The number of aliphatic hydroxyl groups excluding tert-OH is 3. The highest BCUT2D eigenvalue weighted by Crippen LogP contribution is 2.24. The molecule has 61 heavy (non-hydrogen) atoms. The van der Waals surface area contributed by atoms with Gasteiger partial charge in [0.15, 0.2) is 0 Å². The fourth-order valence-corrected chi connectivity index (χ4v) is 8.76. The van der Waals surface area contributed by atoms with Crippen molar-refractivity contribution in [3.05, 3.63) is 106 Å². The van der Waals surface area contributed by atoms with Crippen LogP contribution in [-0.4, -0.2) is 146 Å². The van der Waals surface area contributed by atoms with E-state index in [0.29, 0.717) is 26.3 Å². The summed E-state index contributed by atoms with van der Waals surface area (Å²) in [6.45, 7) is 7.40. The molecule has 0 spiro atoms. The number of thiophene rings is 3. The summed E-state index contributed by atoms with van der Waals surface area (Å²) < 4.78 is 20.0. The van der Waals surface area contributed by atoms with Crippen molar-refractivity contribution in [3.63, 3.8) is 0 Å². The molecule has 0 bridgehead atoms. The first-order valence-electron chi connectivity index (χ1n) is 20.3. The molecule has 5 N–H and O–H groups in total. The number of aliphatic hydroxyl groups is 3. The van der Waals surface area contributed by atoms with Gasteiger partial charge in [0, 0.05) is 59.9 Å². The van der Waals surface area contributed by atoms with Crippen LogP contribution in [0, 0.1) is 0 Å². The average Bonchev–Trinajstić information content (AvgIpc) is 4.00. The summed E-state index contributed by atoms with van der Waals surface area (Å²) in [6, 6.07) is 25.7. The van der Waals surface area contributed by atoms with Crippen LogP contribution in [0.2, 0.25) is 0 Å². The van der Waals surface area contributed by atoms with Crippen LogP contribution < -0.4 is 5.32 Å². The first-order valence-corrected chi connectivity index (χ1v) is 22.9. The first kappa shape index (κ1) is 48.5. The molecule has 9 rings (SSSR count). The third-order valence-electron chi connectivity index (χ3n) is 10.1. The fraction of sp³-hybridized carbons (Fsp3) is 0.422. The summed E-state index contributed by atoms with van der Waals surface area (Å²) in [5.74, 6) is -0.961. The third-order valence-corrected chi connectivity index (χ3v) is 12.8. The Hall–Kier alpha value is -3.55. The van der Waals surface area contributed by atoms with Gasteiger partial charge in [0.2, 0.25) is 5.91 Å². The maximum atomic E-state index is 11.6. The van der Waals surface area contributed by atoms with Crippen LogP contribution in [-0.2, 0) is 43.1 Å². The summed E-state index contributed by atoms with van der Waals surface area (Å²) in [5.41, 5.74) is 3.74. The van der Waals surface area contributed by atoms with Gasteiger partial charge in [0.25, 0.3) is 0 Å². The lowest BCUT2D eigenvalue weighted by atomic mass is 10.1. The Labute approximate surface area is 374 Å². The number of carbonyl (C=O) groups excluding carboxylic acids is 1. The van der Waals surface area contributed by atoms with Gasteiger partial charge < -0.3 is 44.9 Å². The highest BCUT2D eigenvalue weighted by Gasteiger charge is 2.28. The zero-order chi connectivity index (χ0) is 42.1. The van der Waals surface area contributed by atoms with E-state index < -0.39 is 5.97 Å². The highest BCUT2D eigenvalue weighted by molar-refractivity contribution is 7.17. The van der Waals surface area contributed by atoms with Gasteiger partial charge in [-0.15, -0.1) is 46.4 Å². The zero-order valence-electron chi connectivity index (χ0n) is 34.1. The molecule has 3 aliphatic rings. The van der Waals surface area contributed by atoms with Crippen molar-refractivity contribution in [3.8, 4) is 0 Å². The summed E-state index contributed by atoms with van der Waals surface area (Å²) >= 11 is 5.24. The van der Waals surface area contributed by atoms with Crippen LogP contribution in [0.3, 0.4) is 0 Å². The lowest BCUT2D eigenvalue weighted by Gasteiger charge is -2.35. The van der Waals surface area contributed by atoms with Gasteiger partial charge in [-0.05, 0) is 105 Å². The maximum absolute atomic E-state index is 11.6. The maximum Gasteiger partial charge on any atom is 0.329 e. The Kier molecular flexibility index (Phi) is 20.3. The molecule has 3 aliphatic heterocycles. The van der Waals surface area contributed by atoms with E-state index in [1.807, 2.05) is 0 Å². The first-order chi connectivity index (χ1) is 29.2. The molecule has 0 radical (unpaired) electrons. The standard InChI is InChI=1S/C15H17NO3S.C15H19NO2S.C12H12O3S.C3H7NO.ClH/c17-13-8-16(9-13)15(18)10-19-5-3-11-1-2-14-12(7-11)4-6-20-14;17-14-10-16(11-14)5-7-18-6-3-12-1-2-15-13(9-12)4-8-19-15;13-12(14)8-15-5-3-9-1-2-11-10(7-9)4-6-16-11;5-3-1-4-2-3;/h1-2,4,6-7,13,17H,3,5,8-10H2;1-2,4,8-9,14,17H,3,5-7,10-11H2;1-2,4,6-7H,3,5,8H2,(H,13,14);3-5H,1-2H2;1H. The lowest BCUT2D eigenvalue weighted by Crippen LogP contribution is -2.54. The van der Waals surface area contributed by atoms with Gasteiger partial charge >= 0.3 is 5.97 Å². The number of likely N-dealkylation sites (tertiary alicyclic amines) is 2. The van der Waals surface area contributed by atoms with Crippen molar-refractivity contribution in [2.45, 2.75) is 37.6 Å². The van der Waals surface area contributed by atoms with E-state index in [9.17, 15) is 9.59 Å². The summed E-state index contributed by atoms with van der Waals surface area (Å²) in [5, 5.41) is 48.1. The molecule has 0 atom stereocenters. The van der Waals surface area contributed by atoms with E-state index in [4.69, 9.17) is 34.6 Å². The molecule has 3 aromatic heterocycles. The number of carbonyl (C=O) groups is 2. The zero-order valence-corrected chi connectivity index (χ0v) is 37.3. The number of halogens is 1. The number of carboxylic acid groups (broad SMARTS) is 1. The van der Waals surface area contributed by atoms with Crippen molar-refractivity contribution in [1.29, 1.82) is 0 Å². The SMILES string of the molecule is Cl.O=C(COCCc1ccc2sccc2c1)N1CC(O)C1.O=C(O)COCCc1ccc2sccc2c1.OC1CN(CCOCCc2ccc3sccc3c2)C1.OC1CNC1. The number of hydrogen-bond acceptors (Lipinski definition) is 13. The van der Waals surface area contributed by atoms with E-state index in [1.165, 1.54) is 46.9 Å². The van der Waals surface area contributed by atoms with Crippen LogP contribution in [0.5, 0.6) is 0 Å². The number of rotatable bonds is 16. The minimum atomic E-state index is -0.923. The smallest absolute Gasteiger partial charge is 0.329 e. The molecule has 0 unspecified atom stereocenters. The molecular formula is C45H56ClN3O9S3. The second-order valence-electron chi connectivity index (χ2n) is 14.9. The number of aliphatic carboxylic acids is 1. The van der Waals surface area contributed by atoms with Crippen molar-refractivity contribution in [2.24, 2.45) is 0 Å². The molecule has 3 saturated heterocycles. The van der Waals surface area contributed by atoms with E-state index >= 15 is 0 Å². The Morgan fingerprint density at radius 3 is 1.41 bits per heavy atom. The number of carboxylic acids is 1. The van der Waals surface area contributed by atoms with Crippen LogP contribution in [0.1, 0.15) is 16.7 Å². The van der Waals surface area contributed by atoms with Gasteiger partial charge in [0.1, 0.15) is 13.2 Å². The van der Waals surface area contributed by atoms with Crippen molar-refractivity contribution in [1.82, 2.24) is 15.1 Å². The van der Waals surface area contributed by atoms with Crippen LogP contribution in [0.4, 0.5) is 0 Å². The number of hydrogen-bond donors (Lipinski definition) is 5. The molecule has 1 amide bonds. The molecule has 6 heterocycles. The van der Waals surface area contributed by atoms with E-state index in [-0.39, 0.29) is 49.8 Å². The van der Waals surface area contributed by atoms with Gasteiger partial charge in [-0.3, -0.25) is 9.69 Å². The number of benzene rings is 3. The molecule has 16 heteroatoms. The Bertz CT molecular complexity index is 2220. The van der Waals surface area contributed by atoms with Crippen LogP contribution >= 0.6 is 46.4 Å². The monoisotopic (exact) mass is 913 g/mol. The third kappa shape index (κ3) is 16.3. The van der Waals surface area contributed by atoms with Gasteiger partial charge in [-0.1, -0.05) is 36.4 Å². The summed E-state index contributed by atoms with van der Waals surface area (Å²) in [7, 11) is 0. The number of amides is 1. The second kappa shape index (κ2) is 25.5. The topological polar surface area (TPSA) is 161 Å². The number of nitrogens with zero attached hydrogens (tertiary/aromatic N) is 2. The predicted molar refractivity (Wildman–Crippen MR) is 248 cm³/mol. The molecule has 0 aliphatic carbocycles. The van der Waals surface area contributed by atoms with Crippen LogP contribution in [0.15, 0.2) is 88.9 Å². The van der Waals surface area contributed by atoms with Crippen molar-refractivity contribution >= 4 is 88.6 Å². The lowest BCUT2D eigenvalue weighted by molar-refractivity contribution is -0.146. The Morgan fingerprint density at radius 1 is 0.590 bits per heavy atom. The molecule has 12 nitrogen and oxygen atoms in total. The quantitative estimate of drug-likeness (QED) is 0.0757. The largest absolute Gasteiger partial charge is 0.480 e. The number of ether oxygens (including phenoxy) is 3. The predicted octanol–water partition coefficient (Wildman–Crippen LogP) is 5.72. The second-order valence-corrected chi connectivity index (χ2v) is 17.8. The molecule has 3 aromatic carbocycles. The fourth-order valence-electron chi connectivity index (χ4n) is 6.45. The van der Waals surface area contributed by atoms with Gasteiger partial charge in [0.05, 0.1) is 44.7 Å². The Balaban J connectivity index is 0.000000163. The number of β-amino-alcohol motifs (C(OH)–C–C–N with tert-alkyl or cyclic N) is 3. The van der Waals surface area contributed by atoms with Crippen molar-refractivity contribution < 1.29 is 44.2 Å². The molecule has 3 fully saturated rings. The number of fused-ring (bicyclic) bond motifs is 3. The summed E-state index contributed by atoms with van der Waals surface area (Å²) in [6.07, 6.45) is 2.01. The van der Waals surface area contributed by atoms with Gasteiger partial charge in [-0.25, -0.2) is 4.79 Å². The van der Waals surface area contributed by atoms with Crippen LogP contribution in [0.25, 0.3) is 30.3 Å². The molecule has 6 aromatic rings. The van der Waals surface area contributed by atoms with E-state index in [2.05, 4.69) is 99.2 Å². The van der Waals surface area contributed by atoms with E-state index in [1.54, 1.807) is 38.9 Å². The minimum absolute atomic E-state index is 0. The summed E-state index contributed by atoms with van der Waals surface area (Å²) in [4.78, 5) is 25.7. The molecular weight excluding hydrogens is 858 g/mol. The number of nitrogens with one attached hydrogen (secondary N) is 1. The highest BCUT2D eigenvalue weighted by atomic mass is 35.5. The normalized spacial score (nSPS) is 15.3. The van der Waals surface area contributed by atoms with E-state index in [0.717, 1.165) is 65.2 Å². The van der Waals surface area contributed by atoms with Gasteiger partial charge in [-0.2, -0.15) is 0 Å². The molecule has 0 saturated carbocycles.